The first-order valence-corrected chi connectivity index (χ1v) is 7.27. The zero-order chi connectivity index (χ0) is 14.7. The van der Waals surface area contributed by atoms with Crippen molar-refractivity contribution in [3.05, 3.63) is 58.1 Å². The van der Waals surface area contributed by atoms with Crippen LogP contribution in [0.25, 0.3) is 0 Å². The molecule has 21 heavy (non-hydrogen) atoms. The summed E-state index contributed by atoms with van der Waals surface area (Å²) in [6.45, 7) is -0.0118. The van der Waals surface area contributed by atoms with Crippen LogP contribution in [0, 0.1) is 0 Å². The molecular formula is C16H19N3O2. The van der Waals surface area contributed by atoms with Crippen molar-refractivity contribution in [2.45, 2.75) is 31.2 Å². The van der Waals surface area contributed by atoms with Crippen LogP contribution in [-0.2, 0) is 6.42 Å². The Balaban J connectivity index is 1.73. The molecular weight excluding hydrogens is 266 g/mol. The number of anilines is 1. The summed E-state index contributed by atoms with van der Waals surface area (Å²) in [6, 6.07) is 11.2. The van der Waals surface area contributed by atoms with Crippen molar-refractivity contribution in [3.63, 3.8) is 0 Å². The fraction of sp³-hybridized carbons (Fsp3) is 0.375. The number of benzene rings is 1. The van der Waals surface area contributed by atoms with Crippen molar-refractivity contribution in [1.29, 1.82) is 0 Å². The highest BCUT2D eigenvalue weighted by Gasteiger charge is 2.26. The molecule has 0 spiro atoms. The molecule has 0 bridgehead atoms. The monoisotopic (exact) mass is 285 g/mol. The van der Waals surface area contributed by atoms with Crippen LogP contribution in [0.15, 0.2) is 41.2 Å². The van der Waals surface area contributed by atoms with Crippen LogP contribution in [0.4, 0.5) is 5.82 Å². The highest BCUT2D eigenvalue weighted by Crippen LogP contribution is 2.37. The van der Waals surface area contributed by atoms with E-state index in [0.717, 1.165) is 24.2 Å². The molecule has 110 valence electrons. The summed E-state index contributed by atoms with van der Waals surface area (Å²) < 4.78 is 0. The Morgan fingerprint density at radius 1 is 1.33 bits per heavy atom. The number of rotatable bonds is 6. The van der Waals surface area contributed by atoms with E-state index in [0.29, 0.717) is 18.2 Å². The summed E-state index contributed by atoms with van der Waals surface area (Å²) in [5, 5.41) is 12.7. The highest BCUT2D eigenvalue weighted by molar-refractivity contribution is 5.36. The van der Waals surface area contributed by atoms with E-state index in [1.807, 2.05) is 30.3 Å². The first-order chi connectivity index (χ1) is 10.2. The number of aromatic amines is 1. The van der Waals surface area contributed by atoms with Gasteiger partial charge < -0.3 is 15.4 Å². The van der Waals surface area contributed by atoms with Gasteiger partial charge in [-0.15, -0.1) is 0 Å². The molecule has 1 aromatic heterocycles. The predicted octanol–water partition coefficient (Wildman–Crippen LogP) is 1.66. The third-order valence-corrected chi connectivity index (χ3v) is 3.62. The van der Waals surface area contributed by atoms with E-state index < -0.39 is 0 Å². The Kier molecular flexibility index (Phi) is 4.01. The molecule has 3 rings (SSSR count). The van der Waals surface area contributed by atoms with Gasteiger partial charge in [0, 0.05) is 12.0 Å². The van der Waals surface area contributed by atoms with E-state index in [4.69, 9.17) is 0 Å². The maximum Gasteiger partial charge on any atom is 0.252 e. The van der Waals surface area contributed by atoms with Crippen LogP contribution in [-0.4, -0.2) is 27.7 Å². The molecule has 0 saturated heterocycles. The second-order valence-corrected chi connectivity index (χ2v) is 5.50. The van der Waals surface area contributed by atoms with Gasteiger partial charge in [-0.05, 0) is 24.8 Å². The van der Waals surface area contributed by atoms with E-state index in [-0.39, 0.29) is 18.2 Å². The molecule has 1 atom stereocenters. The van der Waals surface area contributed by atoms with Gasteiger partial charge in [-0.25, -0.2) is 4.98 Å². The molecule has 2 aromatic rings. The Morgan fingerprint density at radius 3 is 2.76 bits per heavy atom. The van der Waals surface area contributed by atoms with Gasteiger partial charge in [0.15, 0.2) is 0 Å². The number of aliphatic hydroxyl groups excluding tert-OH is 1. The SMILES string of the molecule is O=c1cc(NC(CO)Cc2ccccc2)nc(C2CC2)[nH]1. The summed E-state index contributed by atoms with van der Waals surface area (Å²) >= 11 is 0. The van der Waals surface area contributed by atoms with Crippen molar-refractivity contribution in [2.75, 3.05) is 11.9 Å². The molecule has 1 aliphatic carbocycles. The lowest BCUT2D eigenvalue weighted by Crippen LogP contribution is -2.28. The average molecular weight is 285 g/mol. The van der Waals surface area contributed by atoms with Gasteiger partial charge in [-0.3, -0.25) is 4.79 Å². The summed E-state index contributed by atoms with van der Waals surface area (Å²) in [5.74, 6) is 1.68. The molecule has 1 saturated carbocycles. The molecule has 5 nitrogen and oxygen atoms in total. The van der Waals surface area contributed by atoms with Crippen LogP contribution in [0.2, 0.25) is 0 Å². The van der Waals surface area contributed by atoms with Crippen LogP contribution in [0.5, 0.6) is 0 Å². The van der Waals surface area contributed by atoms with E-state index in [2.05, 4.69) is 15.3 Å². The van der Waals surface area contributed by atoms with Crippen LogP contribution in [0.3, 0.4) is 0 Å². The number of aliphatic hydroxyl groups is 1. The fourth-order valence-corrected chi connectivity index (χ4v) is 2.37. The number of hydrogen-bond acceptors (Lipinski definition) is 4. The van der Waals surface area contributed by atoms with Gasteiger partial charge >= 0.3 is 0 Å². The van der Waals surface area contributed by atoms with Gasteiger partial charge in [0.2, 0.25) is 0 Å². The lowest BCUT2D eigenvalue weighted by atomic mass is 10.1. The molecule has 1 aliphatic rings. The third kappa shape index (κ3) is 3.70. The van der Waals surface area contributed by atoms with Gasteiger partial charge in [-0.2, -0.15) is 0 Å². The second-order valence-electron chi connectivity index (χ2n) is 5.50. The fourth-order valence-electron chi connectivity index (χ4n) is 2.37. The molecule has 3 N–H and O–H groups in total. The number of nitrogens with zero attached hydrogens (tertiary/aromatic N) is 1. The van der Waals surface area contributed by atoms with Crippen LogP contribution >= 0.6 is 0 Å². The topological polar surface area (TPSA) is 78.0 Å². The largest absolute Gasteiger partial charge is 0.394 e. The molecule has 1 aromatic carbocycles. The van der Waals surface area contributed by atoms with Crippen molar-refractivity contribution in [2.24, 2.45) is 0 Å². The van der Waals surface area contributed by atoms with E-state index in [1.165, 1.54) is 6.07 Å². The van der Waals surface area contributed by atoms with Crippen molar-refractivity contribution < 1.29 is 5.11 Å². The molecule has 1 fully saturated rings. The van der Waals surface area contributed by atoms with Crippen molar-refractivity contribution in [3.8, 4) is 0 Å². The maximum absolute atomic E-state index is 11.7. The first-order valence-electron chi connectivity index (χ1n) is 7.27. The molecule has 1 heterocycles. The summed E-state index contributed by atoms with van der Waals surface area (Å²) in [6.07, 6.45) is 2.85. The summed E-state index contributed by atoms with van der Waals surface area (Å²) in [5.41, 5.74) is 0.988. The molecule has 5 heteroatoms. The quantitative estimate of drug-likeness (QED) is 0.754. The van der Waals surface area contributed by atoms with Crippen LogP contribution in [0.1, 0.15) is 30.1 Å². The summed E-state index contributed by atoms with van der Waals surface area (Å²) in [4.78, 5) is 18.9. The minimum absolute atomic E-state index is 0.0118. The smallest absolute Gasteiger partial charge is 0.252 e. The number of aromatic nitrogens is 2. The zero-order valence-electron chi connectivity index (χ0n) is 11.7. The minimum atomic E-state index is -0.159. The lowest BCUT2D eigenvalue weighted by Gasteiger charge is -2.17. The Hall–Kier alpha value is -2.14. The molecule has 0 aliphatic heterocycles. The number of hydrogen-bond donors (Lipinski definition) is 3. The average Bonchev–Trinajstić information content (AvgIpc) is 3.32. The highest BCUT2D eigenvalue weighted by atomic mass is 16.3. The van der Waals surface area contributed by atoms with Gasteiger partial charge in [0.05, 0.1) is 12.6 Å². The normalized spacial score (nSPS) is 15.7. The Bertz CT molecular complexity index is 650. The number of nitrogens with one attached hydrogen (secondary N) is 2. The van der Waals surface area contributed by atoms with Crippen LogP contribution < -0.4 is 10.9 Å². The predicted molar refractivity (Wildman–Crippen MR) is 81.5 cm³/mol. The molecule has 1 unspecified atom stereocenters. The maximum atomic E-state index is 11.7. The lowest BCUT2D eigenvalue weighted by molar-refractivity contribution is 0.273. The Labute approximate surface area is 123 Å². The van der Waals surface area contributed by atoms with Gasteiger partial charge in [0.25, 0.3) is 5.56 Å². The van der Waals surface area contributed by atoms with Gasteiger partial charge in [0.1, 0.15) is 11.6 Å². The third-order valence-electron chi connectivity index (χ3n) is 3.62. The van der Waals surface area contributed by atoms with E-state index in [9.17, 15) is 9.90 Å². The Morgan fingerprint density at radius 2 is 2.10 bits per heavy atom. The second kappa shape index (κ2) is 6.10. The van der Waals surface area contributed by atoms with E-state index in [1.54, 1.807) is 0 Å². The molecule has 0 amide bonds. The first kappa shape index (κ1) is 13.8. The summed E-state index contributed by atoms with van der Waals surface area (Å²) in [7, 11) is 0. The zero-order valence-corrected chi connectivity index (χ0v) is 11.7. The number of H-pyrrole nitrogens is 1. The van der Waals surface area contributed by atoms with Crippen molar-refractivity contribution >= 4 is 5.82 Å². The minimum Gasteiger partial charge on any atom is -0.394 e. The molecule has 0 radical (unpaired) electrons. The standard InChI is InChI=1S/C16H19N3O2/c20-10-13(8-11-4-2-1-3-5-11)17-14-9-15(21)19-16(18-14)12-6-7-12/h1-5,9,12-13,20H,6-8,10H2,(H2,17,18,19,21). The van der Waals surface area contributed by atoms with E-state index >= 15 is 0 Å². The van der Waals surface area contributed by atoms with Crippen molar-refractivity contribution in [1.82, 2.24) is 9.97 Å². The van der Waals surface area contributed by atoms with Gasteiger partial charge in [-0.1, -0.05) is 30.3 Å².